The minimum atomic E-state index is -0.718. The van der Waals surface area contributed by atoms with Crippen LogP contribution < -0.4 is 16.0 Å². The maximum Gasteiger partial charge on any atom is 0.244 e. The molecule has 1 amide bonds. The van der Waals surface area contributed by atoms with Crippen LogP contribution in [0.15, 0.2) is 48.5 Å². The predicted molar refractivity (Wildman–Crippen MR) is 101 cm³/mol. The molecule has 1 heterocycles. The molecule has 5 nitrogen and oxygen atoms in total. The topological polar surface area (TPSA) is 67.6 Å². The molecule has 1 aliphatic heterocycles. The van der Waals surface area contributed by atoms with Gasteiger partial charge >= 0.3 is 0 Å². The van der Waals surface area contributed by atoms with Crippen molar-refractivity contribution in [3.05, 3.63) is 59.9 Å². The van der Waals surface area contributed by atoms with Crippen molar-refractivity contribution in [1.29, 1.82) is 0 Å². The molecule has 2 aromatic carbocycles. The summed E-state index contributed by atoms with van der Waals surface area (Å²) in [5, 5.41) is 3.03. The highest BCUT2D eigenvalue weighted by Crippen LogP contribution is 2.28. The maximum absolute atomic E-state index is 14.7. The van der Waals surface area contributed by atoms with Gasteiger partial charge in [0.2, 0.25) is 5.91 Å². The van der Waals surface area contributed by atoms with Crippen LogP contribution in [-0.2, 0) is 9.53 Å². The molecule has 0 spiro atoms. The predicted octanol–water partition coefficient (Wildman–Crippen LogP) is 3.08. The first-order chi connectivity index (χ1) is 12.4. The largest absolute Gasteiger partial charge is 0.372 e. The summed E-state index contributed by atoms with van der Waals surface area (Å²) in [7, 11) is 0. The first kappa shape index (κ1) is 18.2. The molecule has 3 N–H and O–H groups in total. The van der Waals surface area contributed by atoms with Crippen LogP contribution in [0, 0.1) is 5.82 Å². The summed E-state index contributed by atoms with van der Waals surface area (Å²) in [6.07, 6.45) is 0.0987. The number of hydrogen-bond acceptors (Lipinski definition) is 4. The van der Waals surface area contributed by atoms with E-state index in [0.717, 1.165) is 5.56 Å². The Labute approximate surface area is 152 Å². The van der Waals surface area contributed by atoms with Gasteiger partial charge in [-0.15, -0.1) is 0 Å². The Kier molecular flexibility index (Phi) is 5.42. The molecule has 0 unspecified atom stereocenters. The van der Waals surface area contributed by atoms with Crippen LogP contribution in [0.4, 0.5) is 15.8 Å². The van der Waals surface area contributed by atoms with Crippen molar-refractivity contribution >= 4 is 17.3 Å². The SMILES string of the molecule is C[C@@H]1CN(c2ccc(N[C@@H](C(N)=O)c3ccccc3)cc2F)C[C@H](C)O1. The summed E-state index contributed by atoms with van der Waals surface area (Å²) in [5.41, 5.74) is 7.29. The maximum atomic E-state index is 14.7. The minimum Gasteiger partial charge on any atom is -0.372 e. The van der Waals surface area contributed by atoms with E-state index in [0.29, 0.717) is 24.5 Å². The molecule has 0 bridgehead atoms. The number of nitrogens with two attached hydrogens (primary N) is 1. The summed E-state index contributed by atoms with van der Waals surface area (Å²) in [4.78, 5) is 13.8. The number of primary amides is 1. The van der Waals surface area contributed by atoms with E-state index >= 15 is 0 Å². The van der Waals surface area contributed by atoms with Gasteiger partial charge in [-0.2, -0.15) is 0 Å². The third-order valence-electron chi connectivity index (χ3n) is 4.44. The molecule has 3 rings (SSSR count). The number of nitrogens with zero attached hydrogens (tertiary/aromatic N) is 1. The minimum absolute atomic E-state index is 0.0493. The second kappa shape index (κ2) is 7.74. The van der Waals surface area contributed by atoms with E-state index in [2.05, 4.69) is 5.32 Å². The Morgan fingerprint density at radius 1 is 1.19 bits per heavy atom. The molecule has 138 valence electrons. The zero-order chi connectivity index (χ0) is 18.7. The number of hydrogen-bond donors (Lipinski definition) is 2. The van der Waals surface area contributed by atoms with E-state index in [1.165, 1.54) is 6.07 Å². The molecule has 6 heteroatoms. The first-order valence-electron chi connectivity index (χ1n) is 8.75. The highest BCUT2D eigenvalue weighted by Gasteiger charge is 2.25. The summed E-state index contributed by atoms with van der Waals surface area (Å²) in [6, 6.07) is 13.3. The van der Waals surface area contributed by atoms with E-state index in [9.17, 15) is 9.18 Å². The standard InChI is InChI=1S/C20H24FN3O2/c1-13-11-24(12-14(2)26-13)18-9-8-16(10-17(18)21)23-19(20(22)25)15-6-4-3-5-7-15/h3-10,13-14,19,23H,11-12H2,1-2H3,(H2,22,25)/t13-,14+,19-/m1/s1. The highest BCUT2D eigenvalue weighted by molar-refractivity contribution is 5.84. The molecular formula is C20H24FN3O2. The Hall–Kier alpha value is -2.60. The number of ether oxygens (including phenoxy) is 1. The van der Waals surface area contributed by atoms with Gasteiger partial charge in [-0.05, 0) is 37.6 Å². The second-order valence-electron chi connectivity index (χ2n) is 6.72. The van der Waals surface area contributed by atoms with Gasteiger partial charge in [-0.25, -0.2) is 4.39 Å². The molecule has 3 atom stereocenters. The molecular weight excluding hydrogens is 333 g/mol. The van der Waals surface area contributed by atoms with Gasteiger partial charge in [0, 0.05) is 18.8 Å². The lowest BCUT2D eigenvalue weighted by Gasteiger charge is -2.37. The fourth-order valence-electron chi connectivity index (χ4n) is 3.36. The summed E-state index contributed by atoms with van der Waals surface area (Å²) >= 11 is 0. The Morgan fingerprint density at radius 3 is 2.42 bits per heavy atom. The Balaban J connectivity index is 1.79. The molecule has 26 heavy (non-hydrogen) atoms. The first-order valence-corrected chi connectivity index (χ1v) is 8.75. The lowest BCUT2D eigenvalue weighted by molar-refractivity contribution is -0.118. The highest BCUT2D eigenvalue weighted by atomic mass is 19.1. The number of amides is 1. The van der Waals surface area contributed by atoms with Gasteiger partial charge in [0.25, 0.3) is 0 Å². The van der Waals surface area contributed by atoms with Crippen LogP contribution in [-0.4, -0.2) is 31.2 Å². The van der Waals surface area contributed by atoms with Gasteiger partial charge in [0.15, 0.2) is 0 Å². The Bertz CT molecular complexity index is 759. The van der Waals surface area contributed by atoms with Crippen LogP contribution in [0.3, 0.4) is 0 Å². The van der Waals surface area contributed by atoms with E-state index in [1.54, 1.807) is 12.1 Å². The molecule has 0 aromatic heterocycles. The molecule has 1 fully saturated rings. The van der Waals surface area contributed by atoms with E-state index in [1.807, 2.05) is 49.1 Å². The van der Waals surface area contributed by atoms with E-state index in [-0.39, 0.29) is 18.0 Å². The summed E-state index contributed by atoms with van der Waals surface area (Å²) in [5.74, 6) is -0.857. The molecule has 2 aromatic rings. The average Bonchev–Trinajstić information content (AvgIpc) is 2.59. The zero-order valence-corrected chi connectivity index (χ0v) is 15.0. The molecule has 0 aliphatic carbocycles. The van der Waals surface area contributed by atoms with Crippen molar-refractivity contribution in [3.63, 3.8) is 0 Å². The molecule has 0 saturated carbocycles. The van der Waals surface area contributed by atoms with E-state index in [4.69, 9.17) is 10.5 Å². The van der Waals surface area contributed by atoms with Crippen molar-refractivity contribution < 1.29 is 13.9 Å². The molecule has 1 aliphatic rings. The quantitative estimate of drug-likeness (QED) is 0.863. The second-order valence-corrected chi connectivity index (χ2v) is 6.72. The number of morpholine rings is 1. The number of rotatable bonds is 5. The van der Waals surface area contributed by atoms with Gasteiger partial charge in [0.05, 0.1) is 17.9 Å². The van der Waals surface area contributed by atoms with Crippen LogP contribution in [0.5, 0.6) is 0 Å². The number of benzene rings is 2. The van der Waals surface area contributed by atoms with Crippen molar-refractivity contribution in [1.82, 2.24) is 0 Å². The summed E-state index contributed by atoms with van der Waals surface area (Å²) in [6.45, 7) is 5.24. The fraction of sp³-hybridized carbons (Fsp3) is 0.350. The van der Waals surface area contributed by atoms with Gasteiger partial charge in [-0.1, -0.05) is 30.3 Å². The summed E-state index contributed by atoms with van der Waals surface area (Å²) < 4.78 is 20.4. The van der Waals surface area contributed by atoms with Crippen molar-refractivity contribution in [2.75, 3.05) is 23.3 Å². The monoisotopic (exact) mass is 357 g/mol. The number of anilines is 2. The third-order valence-corrected chi connectivity index (χ3v) is 4.44. The van der Waals surface area contributed by atoms with Gasteiger partial charge in [0.1, 0.15) is 11.9 Å². The normalized spacial score (nSPS) is 21.3. The third kappa shape index (κ3) is 4.14. The number of nitrogens with one attached hydrogen (secondary N) is 1. The smallest absolute Gasteiger partial charge is 0.244 e. The van der Waals surface area contributed by atoms with Gasteiger partial charge in [-0.3, -0.25) is 4.79 Å². The number of halogens is 1. The average molecular weight is 357 g/mol. The van der Waals surface area contributed by atoms with Crippen molar-refractivity contribution in [2.45, 2.75) is 32.1 Å². The van der Waals surface area contributed by atoms with E-state index < -0.39 is 11.9 Å². The lowest BCUT2D eigenvalue weighted by atomic mass is 10.1. The Morgan fingerprint density at radius 2 is 1.85 bits per heavy atom. The number of carbonyl (C=O) groups is 1. The van der Waals surface area contributed by atoms with Crippen molar-refractivity contribution in [2.24, 2.45) is 5.73 Å². The molecule has 1 saturated heterocycles. The van der Waals surface area contributed by atoms with Crippen LogP contribution >= 0.6 is 0 Å². The zero-order valence-electron chi connectivity index (χ0n) is 15.0. The fourth-order valence-corrected chi connectivity index (χ4v) is 3.36. The van der Waals surface area contributed by atoms with Crippen LogP contribution in [0.2, 0.25) is 0 Å². The lowest BCUT2D eigenvalue weighted by Crippen LogP contribution is -2.45. The van der Waals surface area contributed by atoms with Crippen LogP contribution in [0.25, 0.3) is 0 Å². The molecule has 0 radical (unpaired) electrons. The van der Waals surface area contributed by atoms with Crippen molar-refractivity contribution in [3.8, 4) is 0 Å². The van der Waals surface area contributed by atoms with Crippen LogP contribution in [0.1, 0.15) is 25.5 Å². The number of carbonyl (C=O) groups excluding carboxylic acids is 1. The van der Waals surface area contributed by atoms with Gasteiger partial charge < -0.3 is 20.7 Å².